The first-order chi connectivity index (χ1) is 6.99. The number of hydrogen-bond donors (Lipinski definition) is 4. The number of amides is 2. The van der Waals surface area contributed by atoms with Gasteiger partial charge in [0.25, 0.3) is 0 Å². The molecule has 4 N–H and O–H groups in total. The fourth-order valence-electron chi connectivity index (χ4n) is 0.848. The summed E-state index contributed by atoms with van der Waals surface area (Å²) in [6, 6.07) is -1.86. The molecule has 0 aliphatic carbocycles. The second kappa shape index (κ2) is 7.36. The maximum absolute atomic E-state index is 11.1. The minimum Gasteiger partial charge on any atom is -0.480 e. The van der Waals surface area contributed by atoms with Crippen molar-refractivity contribution in [3.8, 4) is 0 Å². The fourth-order valence-corrected chi connectivity index (χ4v) is 1.15. The highest BCUT2D eigenvalue weighted by Gasteiger charge is 2.24. The monoisotopic (exact) mass is 236 g/mol. The zero-order valence-electron chi connectivity index (χ0n) is 8.69. The van der Waals surface area contributed by atoms with Crippen LogP contribution < -0.4 is 10.6 Å². The summed E-state index contributed by atoms with van der Waals surface area (Å²) < 4.78 is 0. The van der Waals surface area contributed by atoms with Gasteiger partial charge in [0.2, 0.25) is 0 Å². The van der Waals surface area contributed by atoms with E-state index in [1.54, 1.807) is 11.8 Å². The molecule has 0 rings (SSSR count). The van der Waals surface area contributed by atoms with Crippen LogP contribution in [0.1, 0.15) is 6.92 Å². The van der Waals surface area contributed by atoms with Crippen molar-refractivity contribution in [2.24, 2.45) is 0 Å². The quantitative estimate of drug-likeness (QED) is 0.465. The van der Waals surface area contributed by atoms with Crippen molar-refractivity contribution in [2.75, 3.05) is 18.6 Å². The number of carboxylic acid groups (broad SMARTS) is 1. The van der Waals surface area contributed by atoms with Gasteiger partial charge in [0.05, 0.1) is 6.10 Å². The van der Waals surface area contributed by atoms with E-state index in [0.717, 1.165) is 5.75 Å². The Balaban J connectivity index is 3.95. The molecule has 0 fully saturated rings. The zero-order chi connectivity index (χ0) is 11.8. The van der Waals surface area contributed by atoms with Crippen molar-refractivity contribution < 1.29 is 19.8 Å². The summed E-state index contributed by atoms with van der Waals surface area (Å²) >= 11 is 1.57. The lowest BCUT2D eigenvalue weighted by Crippen LogP contribution is -2.51. The average Bonchev–Trinajstić information content (AvgIpc) is 2.13. The van der Waals surface area contributed by atoms with E-state index >= 15 is 0 Å². The normalized spacial score (nSPS) is 14.1. The van der Waals surface area contributed by atoms with Crippen LogP contribution in [0, 0.1) is 0 Å². The predicted molar refractivity (Wildman–Crippen MR) is 58.0 cm³/mol. The van der Waals surface area contributed by atoms with Gasteiger partial charge in [-0.25, -0.2) is 9.59 Å². The summed E-state index contributed by atoms with van der Waals surface area (Å²) in [6.07, 6.45) is 0.768. The van der Waals surface area contributed by atoms with Crippen molar-refractivity contribution in [1.82, 2.24) is 10.6 Å². The topological polar surface area (TPSA) is 98.7 Å². The smallest absolute Gasteiger partial charge is 0.328 e. The molecule has 0 aromatic carbocycles. The van der Waals surface area contributed by atoms with Crippen LogP contribution in [0.2, 0.25) is 0 Å². The van der Waals surface area contributed by atoms with Crippen LogP contribution in [-0.4, -0.2) is 52.9 Å². The van der Waals surface area contributed by atoms with Gasteiger partial charge < -0.3 is 20.8 Å². The Hall–Kier alpha value is -0.950. The van der Waals surface area contributed by atoms with Crippen molar-refractivity contribution >= 4 is 23.8 Å². The molecular formula is C8H16N2O4S. The van der Waals surface area contributed by atoms with Crippen LogP contribution in [0.3, 0.4) is 0 Å². The molecule has 0 aliphatic rings. The van der Waals surface area contributed by atoms with E-state index in [1.807, 2.05) is 6.26 Å². The molecule has 0 aliphatic heterocycles. The number of nitrogens with one attached hydrogen (secondary N) is 2. The van der Waals surface area contributed by atoms with Gasteiger partial charge in [-0.05, 0) is 13.2 Å². The van der Waals surface area contributed by atoms with Crippen molar-refractivity contribution in [2.45, 2.75) is 19.1 Å². The SMILES string of the molecule is CSCCNC(=O)NC(C(=O)O)C(C)O. The molecule has 0 saturated heterocycles. The Bertz CT molecular complexity index is 223. The minimum atomic E-state index is -1.28. The third-order valence-corrected chi connectivity index (χ3v) is 2.24. The Morgan fingerprint density at radius 2 is 2.07 bits per heavy atom. The molecule has 6 nitrogen and oxygen atoms in total. The van der Waals surface area contributed by atoms with Gasteiger partial charge in [0, 0.05) is 12.3 Å². The molecule has 0 aromatic rings. The van der Waals surface area contributed by atoms with E-state index in [2.05, 4.69) is 10.6 Å². The van der Waals surface area contributed by atoms with Gasteiger partial charge in [-0.2, -0.15) is 11.8 Å². The molecule has 0 spiro atoms. The number of carbonyl (C=O) groups excluding carboxylic acids is 1. The van der Waals surface area contributed by atoms with Crippen LogP contribution in [-0.2, 0) is 4.79 Å². The van der Waals surface area contributed by atoms with E-state index < -0.39 is 24.1 Å². The molecule has 0 aromatic heterocycles. The fraction of sp³-hybridized carbons (Fsp3) is 0.750. The Labute approximate surface area is 92.4 Å². The molecular weight excluding hydrogens is 220 g/mol. The second-order valence-corrected chi connectivity index (χ2v) is 3.94. The molecule has 88 valence electrons. The third kappa shape index (κ3) is 6.19. The van der Waals surface area contributed by atoms with Gasteiger partial charge in [-0.1, -0.05) is 0 Å². The van der Waals surface area contributed by atoms with Crippen LogP contribution in [0.4, 0.5) is 4.79 Å². The Morgan fingerprint density at radius 1 is 1.47 bits per heavy atom. The molecule has 0 saturated carbocycles. The largest absolute Gasteiger partial charge is 0.480 e. The van der Waals surface area contributed by atoms with E-state index in [0.29, 0.717) is 6.54 Å². The van der Waals surface area contributed by atoms with Gasteiger partial charge in [-0.3, -0.25) is 0 Å². The number of aliphatic carboxylic acids is 1. The minimum absolute atomic E-state index is 0.457. The van der Waals surface area contributed by atoms with Crippen LogP contribution in [0.5, 0.6) is 0 Å². The number of carboxylic acids is 1. The molecule has 0 heterocycles. The number of thioether (sulfide) groups is 1. The summed E-state index contributed by atoms with van der Waals surface area (Å²) in [5.74, 6) is -0.509. The standard InChI is InChI=1S/C8H16N2O4S/c1-5(11)6(7(12)13)10-8(14)9-3-4-15-2/h5-6,11H,3-4H2,1-2H3,(H,12,13)(H2,9,10,14). The summed E-state index contributed by atoms with van der Waals surface area (Å²) in [5, 5.41) is 22.4. The number of carbonyl (C=O) groups is 2. The van der Waals surface area contributed by atoms with Gasteiger partial charge in [-0.15, -0.1) is 0 Å². The Kier molecular flexibility index (Phi) is 6.89. The molecule has 7 heteroatoms. The number of hydrogen-bond acceptors (Lipinski definition) is 4. The summed E-state index contributed by atoms with van der Waals surface area (Å²) in [5.41, 5.74) is 0. The van der Waals surface area contributed by atoms with Crippen LogP contribution in [0.15, 0.2) is 0 Å². The Morgan fingerprint density at radius 3 is 2.47 bits per heavy atom. The van der Waals surface area contributed by atoms with Crippen molar-refractivity contribution in [1.29, 1.82) is 0 Å². The highest BCUT2D eigenvalue weighted by Crippen LogP contribution is 1.93. The second-order valence-electron chi connectivity index (χ2n) is 2.95. The van der Waals surface area contributed by atoms with E-state index in [9.17, 15) is 9.59 Å². The van der Waals surface area contributed by atoms with Crippen molar-refractivity contribution in [3.63, 3.8) is 0 Å². The van der Waals surface area contributed by atoms with E-state index in [4.69, 9.17) is 10.2 Å². The number of urea groups is 1. The number of aliphatic hydroxyl groups is 1. The number of rotatable bonds is 6. The maximum atomic E-state index is 11.1. The van der Waals surface area contributed by atoms with Crippen LogP contribution >= 0.6 is 11.8 Å². The highest BCUT2D eigenvalue weighted by molar-refractivity contribution is 7.98. The highest BCUT2D eigenvalue weighted by atomic mass is 32.2. The van der Waals surface area contributed by atoms with E-state index in [1.165, 1.54) is 6.92 Å². The summed E-state index contributed by atoms with van der Waals surface area (Å²) in [4.78, 5) is 21.7. The first-order valence-electron chi connectivity index (χ1n) is 4.43. The molecule has 2 unspecified atom stereocenters. The first-order valence-corrected chi connectivity index (χ1v) is 5.82. The molecule has 0 bridgehead atoms. The molecule has 2 atom stereocenters. The van der Waals surface area contributed by atoms with Gasteiger partial charge in [0.15, 0.2) is 6.04 Å². The van der Waals surface area contributed by atoms with Crippen LogP contribution in [0.25, 0.3) is 0 Å². The lowest BCUT2D eigenvalue weighted by atomic mass is 10.2. The summed E-state index contributed by atoms with van der Waals surface area (Å²) in [6.45, 7) is 1.76. The lowest BCUT2D eigenvalue weighted by molar-refractivity contribution is -0.141. The average molecular weight is 236 g/mol. The molecule has 15 heavy (non-hydrogen) atoms. The van der Waals surface area contributed by atoms with E-state index in [-0.39, 0.29) is 0 Å². The zero-order valence-corrected chi connectivity index (χ0v) is 9.50. The first kappa shape index (κ1) is 14.1. The summed E-state index contributed by atoms with van der Waals surface area (Å²) in [7, 11) is 0. The van der Waals surface area contributed by atoms with Crippen molar-refractivity contribution in [3.05, 3.63) is 0 Å². The maximum Gasteiger partial charge on any atom is 0.328 e. The molecule has 2 amide bonds. The number of aliphatic hydroxyl groups excluding tert-OH is 1. The third-order valence-electron chi connectivity index (χ3n) is 1.63. The van der Waals surface area contributed by atoms with Gasteiger partial charge >= 0.3 is 12.0 Å². The van der Waals surface area contributed by atoms with Gasteiger partial charge in [0.1, 0.15) is 0 Å². The lowest BCUT2D eigenvalue weighted by Gasteiger charge is -2.17. The molecule has 0 radical (unpaired) electrons. The predicted octanol–water partition coefficient (Wildman–Crippen LogP) is -0.517.